The van der Waals surface area contributed by atoms with Gasteiger partial charge in [0.05, 0.1) is 5.75 Å². The van der Waals surface area contributed by atoms with E-state index in [9.17, 15) is 4.79 Å². The minimum absolute atomic E-state index is 0.0892. The van der Waals surface area contributed by atoms with E-state index in [0.29, 0.717) is 17.5 Å². The summed E-state index contributed by atoms with van der Waals surface area (Å²) in [5.74, 6) is 1.67. The first kappa shape index (κ1) is 23.6. The molecule has 0 saturated carbocycles. The molecule has 0 aliphatic heterocycles. The number of nitrogens with zero attached hydrogens (tertiary/aromatic N) is 3. The van der Waals surface area contributed by atoms with Gasteiger partial charge in [0.25, 0.3) is 0 Å². The van der Waals surface area contributed by atoms with Crippen LogP contribution in [0.4, 0.5) is 5.69 Å². The average Bonchev–Trinajstić information content (AvgIpc) is 3.19. The molecule has 2 aromatic carbocycles. The number of anilines is 1. The monoisotopic (exact) mass is 450 g/mol. The number of aromatic nitrogens is 3. The maximum absolute atomic E-state index is 12.4. The van der Waals surface area contributed by atoms with Gasteiger partial charge >= 0.3 is 0 Å². The van der Waals surface area contributed by atoms with Crippen LogP contribution in [0.25, 0.3) is 0 Å². The number of amides is 1. The van der Waals surface area contributed by atoms with E-state index in [1.54, 1.807) is 6.08 Å². The minimum Gasteiger partial charge on any atom is -0.482 e. The van der Waals surface area contributed by atoms with Crippen molar-refractivity contribution in [3.8, 4) is 5.75 Å². The Morgan fingerprint density at radius 2 is 1.97 bits per heavy atom. The second-order valence-corrected chi connectivity index (χ2v) is 8.53. The van der Waals surface area contributed by atoms with E-state index in [1.807, 2.05) is 54.8 Å². The Labute approximate surface area is 194 Å². The van der Waals surface area contributed by atoms with E-state index in [0.717, 1.165) is 23.4 Å². The van der Waals surface area contributed by atoms with Gasteiger partial charge in [-0.25, -0.2) is 0 Å². The largest absolute Gasteiger partial charge is 0.482 e. The number of aryl methyl sites for hydroxylation is 2. The zero-order valence-electron chi connectivity index (χ0n) is 19.1. The maximum atomic E-state index is 12.4. The number of nitrogens with one attached hydrogen (secondary N) is 1. The Kier molecular flexibility index (Phi) is 8.11. The highest BCUT2D eigenvalue weighted by Crippen LogP contribution is 2.28. The summed E-state index contributed by atoms with van der Waals surface area (Å²) in [6.07, 6.45) is 2.46. The molecule has 1 atom stereocenters. The zero-order chi connectivity index (χ0) is 23.1. The highest BCUT2D eigenvalue weighted by Gasteiger charge is 2.20. The molecule has 0 aliphatic rings. The highest BCUT2D eigenvalue weighted by molar-refractivity contribution is 7.99. The van der Waals surface area contributed by atoms with Gasteiger partial charge in [0, 0.05) is 12.2 Å². The molecule has 32 heavy (non-hydrogen) atoms. The third kappa shape index (κ3) is 5.79. The lowest BCUT2D eigenvalue weighted by molar-refractivity contribution is -0.113. The fourth-order valence-electron chi connectivity index (χ4n) is 3.25. The molecule has 1 N–H and O–H groups in total. The molecule has 6 nitrogen and oxygen atoms in total. The number of thioether (sulfide) groups is 1. The van der Waals surface area contributed by atoms with Gasteiger partial charge in [0.15, 0.2) is 17.1 Å². The summed E-state index contributed by atoms with van der Waals surface area (Å²) in [6, 6.07) is 13.9. The number of hydrogen-bond acceptors (Lipinski definition) is 5. The molecule has 1 amide bonds. The van der Waals surface area contributed by atoms with Crippen molar-refractivity contribution in [2.45, 2.75) is 51.9 Å². The van der Waals surface area contributed by atoms with Crippen molar-refractivity contribution in [1.82, 2.24) is 14.8 Å². The number of allylic oxidation sites excluding steroid dienone is 1. The second kappa shape index (κ2) is 11.0. The Hall–Kier alpha value is -3.06. The Morgan fingerprint density at radius 1 is 1.22 bits per heavy atom. The first-order valence-corrected chi connectivity index (χ1v) is 11.7. The van der Waals surface area contributed by atoms with Crippen LogP contribution in [0, 0.1) is 13.8 Å². The number of benzene rings is 2. The Bertz CT molecular complexity index is 1080. The molecule has 1 heterocycles. The van der Waals surface area contributed by atoms with Crippen molar-refractivity contribution >= 4 is 23.4 Å². The summed E-state index contributed by atoms with van der Waals surface area (Å²) in [4.78, 5) is 12.4. The summed E-state index contributed by atoms with van der Waals surface area (Å²) in [6.45, 7) is 12.5. The van der Waals surface area contributed by atoms with E-state index >= 15 is 0 Å². The predicted octanol–water partition coefficient (Wildman–Crippen LogP) is 5.51. The summed E-state index contributed by atoms with van der Waals surface area (Å²) in [7, 11) is 0. The lowest BCUT2D eigenvalue weighted by Crippen LogP contribution is -2.15. The van der Waals surface area contributed by atoms with Gasteiger partial charge in [0.1, 0.15) is 5.75 Å². The zero-order valence-corrected chi connectivity index (χ0v) is 19.9. The highest BCUT2D eigenvalue weighted by atomic mass is 32.2. The van der Waals surface area contributed by atoms with Gasteiger partial charge in [-0.1, -0.05) is 49.0 Å². The SMILES string of the molecule is C=CCn1c(SCC(=O)Nc2ccc(CC)cc2)nnc1C(C)Oc1cccc(C)c1C. The number of rotatable bonds is 10. The van der Waals surface area contributed by atoms with Crippen LogP contribution in [0.2, 0.25) is 0 Å². The third-order valence-electron chi connectivity index (χ3n) is 5.26. The molecule has 7 heteroatoms. The molecule has 0 radical (unpaired) electrons. The van der Waals surface area contributed by atoms with Gasteiger partial charge in [-0.05, 0) is 62.1 Å². The van der Waals surface area contributed by atoms with Crippen LogP contribution >= 0.6 is 11.8 Å². The van der Waals surface area contributed by atoms with Crippen LogP contribution in [-0.2, 0) is 17.8 Å². The molecule has 0 spiro atoms. The lowest BCUT2D eigenvalue weighted by atomic mass is 10.1. The first-order valence-electron chi connectivity index (χ1n) is 10.7. The second-order valence-electron chi connectivity index (χ2n) is 7.59. The summed E-state index contributed by atoms with van der Waals surface area (Å²) in [5.41, 5.74) is 4.30. The molecule has 0 fully saturated rings. The third-order valence-corrected chi connectivity index (χ3v) is 6.22. The quantitative estimate of drug-likeness (QED) is 0.326. The van der Waals surface area contributed by atoms with E-state index in [-0.39, 0.29) is 17.8 Å². The van der Waals surface area contributed by atoms with Crippen molar-refractivity contribution in [1.29, 1.82) is 0 Å². The van der Waals surface area contributed by atoms with E-state index in [4.69, 9.17) is 4.74 Å². The number of carbonyl (C=O) groups is 1. The van der Waals surface area contributed by atoms with Gasteiger partial charge < -0.3 is 10.1 Å². The molecule has 0 bridgehead atoms. The van der Waals surface area contributed by atoms with Crippen LogP contribution in [0.3, 0.4) is 0 Å². The van der Waals surface area contributed by atoms with Gasteiger partial charge in [-0.3, -0.25) is 9.36 Å². The smallest absolute Gasteiger partial charge is 0.234 e. The molecule has 1 unspecified atom stereocenters. The average molecular weight is 451 g/mol. The molecule has 3 rings (SSSR count). The summed E-state index contributed by atoms with van der Waals surface area (Å²) >= 11 is 1.35. The maximum Gasteiger partial charge on any atom is 0.234 e. The first-order chi connectivity index (χ1) is 15.4. The Morgan fingerprint density at radius 3 is 2.66 bits per heavy atom. The van der Waals surface area contributed by atoms with Gasteiger partial charge in [-0.2, -0.15) is 0 Å². The predicted molar refractivity (Wildman–Crippen MR) is 130 cm³/mol. The van der Waals surface area contributed by atoms with Crippen LogP contribution in [0.15, 0.2) is 60.3 Å². The molecular weight excluding hydrogens is 420 g/mol. The van der Waals surface area contributed by atoms with Crippen LogP contribution in [0.1, 0.15) is 42.5 Å². The van der Waals surface area contributed by atoms with Crippen molar-refractivity contribution in [2.75, 3.05) is 11.1 Å². The van der Waals surface area contributed by atoms with E-state index < -0.39 is 0 Å². The molecular formula is C25H30N4O2S. The normalized spacial score (nSPS) is 11.8. The summed E-state index contributed by atoms with van der Waals surface area (Å²) < 4.78 is 8.13. The number of carbonyl (C=O) groups excluding carboxylic acids is 1. The van der Waals surface area contributed by atoms with E-state index in [2.05, 4.69) is 42.0 Å². The summed E-state index contributed by atoms with van der Waals surface area (Å²) in [5, 5.41) is 12.2. The van der Waals surface area contributed by atoms with Gasteiger partial charge in [-0.15, -0.1) is 16.8 Å². The molecule has 0 saturated heterocycles. The van der Waals surface area contributed by atoms with Crippen molar-refractivity contribution in [3.63, 3.8) is 0 Å². The molecule has 1 aromatic heterocycles. The molecule has 0 aliphatic carbocycles. The fourth-order valence-corrected chi connectivity index (χ4v) is 4.01. The Balaban J connectivity index is 1.67. The molecule has 3 aromatic rings. The lowest BCUT2D eigenvalue weighted by Gasteiger charge is -2.18. The van der Waals surface area contributed by atoms with Crippen LogP contribution in [-0.4, -0.2) is 26.4 Å². The van der Waals surface area contributed by atoms with Crippen LogP contribution < -0.4 is 10.1 Å². The van der Waals surface area contributed by atoms with Crippen LogP contribution in [0.5, 0.6) is 5.75 Å². The van der Waals surface area contributed by atoms with Gasteiger partial charge in [0.2, 0.25) is 5.91 Å². The topological polar surface area (TPSA) is 69.0 Å². The standard InChI is InChI=1S/C25H30N4O2S/c1-6-15-29-24(19(5)31-22-10-8-9-17(3)18(22)4)27-28-25(29)32-16-23(30)26-21-13-11-20(7-2)12-14-21/h6,8-14,19H,1,7,15-16H2,2-5H3,(H,26,30). The fraction of sp³-hybridized carbons (Fsp3) is 0.320. The van der Waals surface area contributed by atoms with Crippen molar-refractivity contribution in [3.05, 3.63) is 77.6 Å². The van der Waals surface area contributed by atoms with E-state index in [1.165, 1.54) is 22.9 Å². The van der Waals surface area contributed by atoms with Crippen molar-refractivity contribution in [2.24, 2.45) is 0 Å². The number of ether oxygens (including phenoxy) is 1. The van der Waals surface area contributed by atoms with Crippen molar-refractivity contribution < 1.29 is 9.53 Å². The molecule has 168 valence electrons. The minimum atomic E-state index is -0.303. The number of hydrogen-bond donors (Lipinski definition) is 1.